The van der Waals surface area contributed by atoms with E-state index in [4.69, 9.17) is 4.74 Å². The van der Waals surface area contributed by atoms with E-state index >= 15 is 0 Å². The Morgan fingerprint density at radius 1 is 1.35 bits per heavy atom. The summed E-state index contributed by atoms with van der Waals surface area (Å²) in [6.45, 7) is 1.37. The SMILES string of the molecule is O=C=NC(c1ccccc1O)C1CCOCC1. The van der Waals surface area contributed by atoms with Gasteiger partial charge in [0.1, 0.15) is 5.75 Å². The number of ether oxygens (including phenoxy) is 1. The lowest BCUT2D eigenvalue weighted by atomic mass is 9.87. The average molecular weight is 233 g/mol. The highest BCUT2D eigenvalue weighted by atomic mass is 16.5. The van der Waals surface area contributed by atoms with Crippen LogP contribution in [0.1, 0.15) is 24.4 Å². The molecule has 17 heavy (non-hydrogen) atoms. The van der Waals surface area contributed by atoms with E-state index in [-0.39, 0.29) is 17.7 Å². The molecule has 1 aliphatic rings. The number of para-hydroxylation sites is 1. The number of isocyanates is 1. The second-order valence-electron chi connectivity index (χ2n) is 4.17. The Kier molecular flexibility index (Phi) is 3.91. The molecule has 1 aliphatic heterocycles. The van der Waals surface area contributed by atoms with Crippen molar-refractivity contribution in [3.63, 3.8) is 0 Å². The molecule has 2 rings (SSSR count). The highest BCUT2D eigenvalue weighted by Crippen LogP contribution is 2.36. The number of carbonyl (C=O) groups excluding carboxylic acids is 1. The number of hydrogen-bond donors (Lipinski definition) is 1. The summed E-state index contributed by atoms with van der Waals surface area (Å²) in [6, 6.07) is 6.70. The fraction of sp³-hybridized carbons (Fsp3) is 0.462. The maximum absolute atomic E-state index is 10.5. The lowest BCUT2D eigenvalue weighted by Gasteiger charge is -2.27. The predicted octanol–water partition coefficient (Wildman–Crippen LogP) is 2.20. The summed E-state index contributed by atoms with van der Waals surface area (Å²) in [7, 11) is 0. The van der Waals surface area contributed by atoms with Crippen molar-refractivity contribution in [3.8, 4) is 5.75 Å². The Morgan fingerprint density at radius 2 is 2.06 bits per heavy atom. The van der Waals surface area contributed by atoms with Crippen molar-refractivity contribution < 1.29 is 14.6 Å². The van der Waals surface area contributed by atoms with Crippen molar-refractivity contribution in [2.24, 2.45) is 10.9 Å². The molecule has 1 aromatic carbocycles. The maximum Gasteiger partial charge on any atom is 0.235 e. The van der Waals surface area contributed by atoms with Gasteiger partial charge < -0.3 is 9.84 Å². The van der Waals surface area contributed by atoms with Crippen molar-refractivity contribution in [2.45, 2.75) is 18.9 Å². The van der Waals surface area contributed by atoms with Gasteiger partial charge >= 0.3 is 0 Å². The van der Waals surface area contributed by atoms with Crippen LogP contribution >= 0.6 is 0 Å². The molecule has 1 N–H and O–H groups in total. The molecule has 4 heteroatoms. The summed E-state index contributed by atoms with van der Waals surface area (Å²) in [6.07, 6.45) is 3.32. The number of phenolic OH excluding ortho intramolecular Hbond substituents is 1. The molecule has 0 aliphatic carbocycles. The minimum atomic E-state index is -0.308. The summed E-state index contributed by atoms with van der Waals surface area (Å²) >= 11 is 0. The van der Waals surface area contributed by atoms with Gasteiger partial charge in [-0.3, -0.25) is 0 Å². The van der Waals surface area contributed by atoms with Gasteiger partial charge in [-0.15, -0.1) is 0 Å². The summed E-state index contributed by atoms with van der Waals surface area (Å²) in [5.74, 6) is 0.418. The largest absolute Gasteiger partial charge is 0.508 e. The van der Waals surface area contributed by atoms with Crippen LogP contribution in [0.15, 0.2) is 29.3 Å². The number of rotatable bonds is 3. The minimum Gasteiger partial charge on any atom is -0.508 e. The maximum atomic E-state index is 10.5. The Morgan fingerprint density at radius 3 is 2.71 bits per heavy atom. The zero-order valence-electron chi connectivity index (χ0n) is 9.50. The molecule has 1 fully saturated rings. The van der Waals surface area contributed by atoms with E-state index in [1.807, 2.05) is 6.07 Å². The van der Waals surface area contributed by atoms with Gasteiger partial charge in [0.15, 0.2) is 0 Å². The van der Waals surface area contributed by atoms with E-state index in [2.05, 4.69) is 4.99 Å². The fourth-order valence-electron chi connectivity index (χ4n) is 2.25. The second-order valence-corrected chi connectivity index (χ2v) is 4.17. The molecule has 1 saturated heterocycles. The molecular weight excluding hydrogens is 218 g/mol. The molecule has 0 amide bonds. The van der Waals surface area contributed by atoms with E-state index in [0.29, 0.717) is 18.8 Å². The van der Waals surface area contributed by atoms with Crippen LogP contribution in [0.2, 0.25) is 0 Å². The smallest absolute Gasteiger partial charge is 0.235 e. The number of aliphatic imine (C=N–C) groups is 1. The highest BCUT2D eigenvalue weighted by Gasteiger charge is 2.26. The Hall–Kier alpha value is -1.64. The Bertz CT molecular complexity index is 420. The van der Waals surface area contributed by atoms with E-state index in [0.717, 1.165) is 12.8 Å². The molecule has 0 saturated carbocycles. The van der Waals surface area contributed by atoms with E-state index < -0.39 is 0 Å². The molecule has 0 aromatic heterocycles. The number of benzene rings is 1. The third-order valence-electron chi connectivity index (χ3n) is 3.16. The van der Waals surface area contributed by atoms with Crippen LogP contribution in [0.3, 0.4) is 0 Å². The van der Waals surface area contributed by atoms with Gasteiger partial charge in [0.05, 0.1) is 6.04 Å². The number of phenols is 1. The lowest BCUT2D eigenvalue weighted by molar-refractivity contribution is 0.0584. The molecule has 0 spiro atoms. The zero-order valence-corrected chi connectivity index (χ0v) is 9.50. The molecule has 0 radical (unpaired) electrons. The molecule has 1 unspecified atom stereocenters. The van der Waals surface area contributed by atoms with Crippen LogP contribution in [-0.2, 0) is 9.53 Å². The van der Waals surface area contributed by atoms with Crippen LogP contribution in [0.5, 0.6) is 5.75 Å². The lowest BCUT2D eigenvalue weighted by Crippen LogP contribution is -2.21. The van der Waals surface area contributed by atoms with Crippen LogP contribution in [-0.4, -0.2) is 24.4 Å². The Balaban J connectivity index is 2.28. The van der Waals surface area contributed by atoms with Crippen molar-refractivity contribution in [1.82, 2.24) is 0 Å². The monoisotopic (exact) mass is 233 g/mol. The van der Waals surface area contributed by atoms with Crippen LogP contribution < -0.4 is 0 Å². The first-order valence-corrected chi connectivity index (χ1v) is 5.75. The van der Waals surface area contributed by atoms with Crippen molar-refractivity contribution in [3.05, 3.63) is 29.8 Å². The number of hydrogen-bond acceptors (Lipinski definition) is 4. The van der Waals surface area contributed by atoms with Crippen LogP contribution in [0.4, 0.5) is 0 Å². The van der Waals surface area contributed by atoms with Gasteiger partial charge in [-0.25, -0.2) is 4.79 Å². The standard InChI is InChI=1S/C13H15NO3/c15-9-14-13(10-5-7-17-8-6-10)11-3-1-2-4-12(11)16/h1-4,10,13,16H,5-8H2. The van der Waals surface area contributed by atoms with Crippen molar-refractivity contribution in [2.75, 3.05) is 13.2 Å². The topological polar surface area (TPSA) is 58.9 Å². The fourth-order valence-corrected chi connectivity index (χ4v) is 2.25. The van der Waals surface area contributed by atoms with Crippen molar-refractivity contribution >= 4 is 6.08 Å². The summed E-state index contributed by atoms with van der Waals surface area (Å²) in [5.41, 5.74) is 0.697. The second kappa shape index (κ2) is 5.62. The summed E-state index contributed by atoms with van der Waals surface area (Å²) < 4.78 is 5.29. The van der Waals surface area contributed by atoms with Crippen LogP contribution in [0, 0.1) is 5.92 Å². The van der Waals surface area contributed by atoms with Gasteiger partial charge in [0, 0.05) is 18.8 Å². The third-order valence-corrected chi connectivity index (χ3v) is 3.16. The van der Waals surface area contributed by atoms with Gasteiger partial charge in [-0.2, -0.15) is 4.99 Å². The molecule has 4 nitrogen and oxygen atoms in total. The molecule has 0 bridgehead atoms. The van der Waals surface area contributed by atoms with Crippen molar-refractivity contribution in [1.29, 1.82) is 0 Å². The number of aromatic hydroxyl groups is 1. The Labute approximate surface area is 99.9 Å². The zero-order chi connectivity index (χ0) is 12.1. The first-order chi connectivity index (χ1) is 8.33. The molecule has 1 aromatic rings. The first-order valence-electron chi connectivity index (χ1n) is 5.75. The van der Waals surface area contributed by atoms with Gasteiger partial charge in [-0.1, -0.05) is 18.2 Å². The quantitative estimate of drug-likeness (QED) is 0.643. The summed E-state index contributed by atoms with van der Waals surface area (Å²) in [4.78, 5) is 14.4. The first kappa shape index (κ1) is 11.8. The minimum absolute atomic E-state index is 0.183. The summed E-state index contributed by atoms with van der Waals surface area (Å²) in [5, 5.41) is 9.82. The normalized spacial score (nSPS) is 18.4. The van der Waals surface area contributed by atoms with Crippen LogP contribution in [0.25, 0.3) is 0 Å². The molecule has 90 valence electrons. The average Bonchev–Trinajstić information content (AvgIpc) is 2.38. The highest BCUT2D eigenvalue weighted by molar-refractivity contribution is 5.40. The van der Waals surface area contributed by atoms with Gasteiger partial charge in [-0.05, 0) is 24.8 Å². The molecule has 1 heterocycles. The van der Waals surface area contributed by atoms with E-state index in [1.165, 1.54) is 0 Å². The van der Waals surface area contributed by atoms with Gasteiger partial charge in [0.2, 0.25) is 6.08 Å². The predicted molar refractivity (Wildman–Crippen MR) is 62.5 cm³/mol. The number of nitrogens with zero attached hydrogens (tertiary/aromatic N) is 1. The molecule has 1 atom stereocenters. The third kappa shape index (κ3) is 2.73. The van der Waals surface area contributed by atoms with E-state index in [9.17, 15) is 9.90 Å². The van der Waals surface area contributed by atoms with Gasteiger partial charge in [0.25, 0.3) is 0 Å². The molecular formula is C13H15NO3. The van der Waals surface area contributed by atoms with E-state index in [1.54, 1.807) is 24.3 Å².